The van der Waals surface area contributed by atoms with E-state index in [4.69, 9.17) is 0 Å². The van der Waals surface area contributed by atoms with Crippen LogP contribution in [-0.4, -0.2) is 36.6 Å². The van der Waals surface area contributed by atoms with E-state index in [1.54, 1.807) is 25.3 Å². The van der Waals surface area contributed by atoms with E-state index >= 15 is 0 Å². The van der Waals surface area contributed by atoms with Crippen LogP contribution in [0.1, 0.15) is 23.0 Å². The molecular weight excluding hydrogens is 268 g/mol. The number of carbonyl (C=O) groups is 1. The summed E-state index contributed by atoms with van der Waals surface area (Å²) < 4.78 is 30.2. The molecule has 0 spiro atoms. The molecule has 2 heterocycles. The molecule has 7 heteroatoms. The van der Waals surface area contributed by atoms with Crippen molar-refractivity contribution in [2.75, 3.05) is 12.9 Å². The van der Waals surface area contributed by atoms with Crippen LogP contribution in [-0.2, 0) is 14.6 Å². The van der Waals surface area contributed by atoms with Gasteiger partial charge >= 0.3 is 5.97 Å². The van der Waals surface area contributed by atoms with Crippen LogP contribution in [0, 0.1) is 6.92 Å². The average molecular weight is 282 g/mol. The van der Waals surface area contributed by atoms with Crippen molar-refractivity contribution in [3.05, 3.63) is 29.6 Å². The third kappa shape index (κ3) is 2.10. The fraction of sp³-hybridized carbons (Fsp3) is 0.333. The van der Waals surface area contributed by atoms with Crippen molar-refractivity contribution in [3.63, 3.8) is 0 Å². The molecule has 0 radical (unpaired) electrons. The summed E-state index contributed by atoms with van der Waals surface area (Å²) in [5.74, 6) is -0.843. The first kappa shape index (κ1) is 13.5. The molecule has 2 aromatic heterocycles. The average Bonchev–Trinajstić information content (AvgIpc) is 2.79. The van der Waals surface area contributed by atoms with Gasteiger partial charge in [0, 0.05) is 6.20 Å². The van der Waals surface area contributed by atoms with Crippen LogP contribution in [0.15, 0.2) is 23.4 Å². The van der Waals surface area contributed by atoms with Gasteiger partial charge in [-0.1, -0.05) is 13.0 Å². The molecule has 19 heavy (non-hydrogen) atoms. The van der Waals surface area contributed by atoms with Crippen LogP contribution >= 0.6 is 0 Å². The smallest absolute Gasteiger partial charge is 0.358 e. The van der Waals surface area contributed by atoms with E-state index in [-0.39, 0.29) is 16.5 Å². The van der Waals surface area contributed by atoms with Gasteiger partial charge in [-0.2, -0.15) is 0 Å². The molecule has 102 valence electrons. The molecule has 0 atom stereocenters. The zero-order valence-corrected chi connectivity index (χ0v) is 11.7. The van der Waals surface area contributed by atoms with Gasteiger partial charge in [-0.15, -0.1) is 0 Å². The van der Waals surface area contributed by atoms with Crippen LogP contribution in [0.25, 0.3) is 5.65 Å². The molecule has 0 aliphatic heterocycles. The molecule has 0 N–H and O–H groups in total. The van der Waals surface area contributed by atoms with Crippen LogP contribution in [0.3, 0.4) is 0 Å². The molecule has 0 aliphatic carbocycles. The minimum absolute atomic E-state index is 0.0527. The SMILES string of the molecule is CCS(=O)(=O)c1nc2c(C)cccn2c1C(=O)OC. The predicted molar refractivity (Wildman–Crippen MR) is 69.0 cm³/mol. The number of aromatic nitrogens is 2. The van der Waals surface area contributed by atoms with Crippen molar-refractivity contribution < 1.29 is 17.9 Å². The Morgan fingerprint density at radius 1 is 1.47 bits per heavy atom. The van der Waals surface area contributed by atoms with Crippen LogP contribution in [0.5, 0.6) is 0 Å². The van der Waals surface area contributed by atoms with Crippen molar-refractivity contribution in [2.45, 2.75) is 18.9 Å². The van der Waals surface area contributed by atoms with Crippen molar-refractivity contribution in [1.29, 1.82) is 0 Å². The van der Waals surface area contributed by atoms with Crippen molar-refractivity contribution in [2.24, 2.45) is 0 Å². The maximum absolute atomic E-state index is 12.0. The topological polar surface area (TPSA) is 77.7 Å². The summed E-state index contributed by atoms with van der Waals surface area (Å²) in [5.41, 5.74) is 1.17. The lowest BCUT2D eigenvalue weighted by Crippen LogP contribution is -2.13. The van der Waals surface area contributed by atoms with Gasteiger partial charge < -0.3 is 4.74 Å². The Morgan fingerprint density at radius 2 is 2.16 bits per heavy atom. The first-order valence-corrected chi connectivity index (χ1v) is 7.36. The molecule has 6 nitrogen and oxygen atoms in total. The Morgan fingerprint density at radius 3 is 2.74 bits per heavy atom. The van der Waals surface area contributed by atoms with Gasteiger partial charge in [-0.3, -0.25) is 4.40 Å². The second-order valence-corrected chi connectivity index (χ2v) is 6.24. The predicted octanol–water partition coefficient (Wildman–Crippen LogP) is 1.22. The Bertz CT molecular complexity index is 746. The van der Waals surface area contributed by atoms with Gasteiger partial charge in [0.25, 0.3) is 0 Å². The van der Waals surface area contributed by atoms with Crippen molar-refractivity contribution in [3.8, 4) is 0 Å². The number of ether oxygens (including phenoxy) is 1. The number of methoxy groups -OCH3 is 1. The van der Waals surface area contributed by atoms with E-state index in [2.05, 4.69) is 9.72 Å². The molecule has 0 amide bonds. The zero-order chi connectivity index (χ0) is 14.2. The summed E-state index contributed by atoms with van der Waals surface area (Å²) >= 11 is 0. The van der Waals surface area contributed by atoms with Gasteiger partial charge in [0.2, 0.25) is 0 Å². The number of esters is 1. The quantitative estimate of drug-likeness (QED) is 0.791. The molecule has 2 rings (SSSR count). The van der Waals surface area contributed by atoms with E-state index in [9.17, 15) is 13.2 Å². The Hall–Kier alpha value is -1.89. The molecule has 0 saturated carbocycles. The number of imidazole rings is 1. The number of pyridine rings is 1. The first-order valence-electron chi connectivity index (χ1n) is 5.71. The highest BCUT2D eigenvalue weighted by atomic mass is 32.2. The van der Waals surface area contributed by atoms with E-state index in [0.29, 0.717) is 5.65 Å². The maximum atomic E-state index is 12.0. The fourth-order valence-electron chi connectivity index (χ4n) is 1.82. The lowest BCUT2D eigenvalue weighted by molar-refractivity contribution is 0.0588. The number of nitrogens with zero attached hydrogens (tertiary/aromatic N) is 2. The molecule has 0 unspecified atom stereocenters. The van der Waals surface area contributed by atoms with E-state index in [0.717, 1.165) is 5.56 Å². The third-order valence-corrected chi connectivity index (χ3v) is 4.50. The lowest BCUT2D eigenvalue weighted by atomic mass is 10.3. The summed E-state index contributed by atoms with van der Waals surface area (Å²) in [6.45, 7) is 3.30. The number of aryl methyl sites for hydroxylation is 1. The largest absolute Gasteiger partial charge is 0.464 e. The standard InChI is InChI=1S/C12H14N2O4S/c1-4-19(16,17)11-9(12(15)18-3)14-7-5-6-8(2)10(14)13-11/h5-7H,4H2,1-3H3. The number of carbonyl (C=O) groups excluding carboxylic acids is 1. The first-order chi connectivity index (χ1) is 8.92. The summed E-state index contributed by atoms with van der Waals surface area (Å²) in [6.07, 6.45) is 1.59. The van der Waals surface area contributed by atoms with E-state index < -0.39 is 15.8 Å². The summed E-state index contributed by atoms with van der Waals surface area (Å²) in [4.78, 5) is 15.9. The third-order valence-electron chi connectivity index (χ3n) is 2.87. The maximum Gasteiger partial charge on any atom is 0.358 e. The lowest BCUT2D eigenvalue weighted by Gasteiger charge is -2.03. The number of hydrogen-bond acceptors (Lipinski definition) is 5. The molecule has 0 aromatic carbocycles. The highest BCUT2D eigenvalue weighted by molar-refractivity contribution is 7.91. The van der Waals surface area contributed by atoms with Crippen molar-refractivity contribution in [1.82, 2.24) is 9.38 Å². The molecule has 0 saturated heterocycles. The van der Waals surface area contributed by atoms with Crippen LogP contribution in [0.4, 0.5) is 0 Å². The summed E-state index contributed by atoms with van der Waals surface area (Å²) in [6, 6.07) is 3.52. The van der Waals surface area contributed by atoms with Gasteiger partial charge in [-0.25, -0.2) is 18.2 Å². The fourth-order valence-corrected chi connectivity index (χ4v) is 2.79. The second-order valence-electron chi connectivity index (χ2n) is 4.05. The van der Waals surface area contributed by atoms with Gasteiger partial charge in [-0.05, 0) is 18.6 Å². The zero-order valence-electron chi connectivity index (χ0n) is 10.9. The normalized spacial score (nSPS) is 11.7. The molecule has 0 bridgehead atoms. The number of hydrogen-bond donors (Lipinski definition) is 0. The van der Waals surface area contributed by atoms with E-state index in [1.807, 2.05) is 0 Å². The number of rotatable bonds is 3. The Balaban J connectivity index is 2.91. The Labute approximate surface area is 110 Å². The highest BCUT2D eigenvalue weighted by Crippen LogP contribution is 2.21. The molecular formula is C12H14N2O4S. The molecule has 0 fully saturated rings. The minimum Gasteiger partial charge on any atom is -0.464 e. The monoisotopic (exact) mass is 282 g/mol. The minimum atomic E-state index is -3.60. The van der Waals surface area contributed by atoms with Crippen LogP contribution < -0.4 is 0 Å². The number of fused-ring (bicyclic) bond motifs is 1. The summed E-state index contributed by atoms with van der Waals surface area (Å²) in [7, 11) is -2.39. The van der Waals surface area contributed by atoms with Gasteiger partial charge in [0.15, 0.2) is 20.6 Å². The van der Waals surface area contributed by atoms with Crippen LogP contribution in [0.2, 0.25) is 0 Å². The summed E-state index contributed by atoms with van der Waals surface area (Å²) in [5, 5.41) is -0.226. The van der Waals surface area contributed by atoms with E-state index in [1.165, 1.54) is 18.4 Å². The molecule has 2 aromatic rings. The second kappa shape index (κ2) is 4.65. The van der Waals surface area contributed by atoms with Gasteiger partial charge in [0.05, 0.1) is 12.9 Å². The van der Waals surface area contributed by atoms with Crippen molar-refractivity contribution >= 4 is 21.5 Å². The van der Waals surface area contributed by atoms with Gasteiger partial charge in [0.1, 0.15) is 5.65 Å². The molecule has 0 aliphatic rings. The Kier molecular flexibility index (Phi) is 3.32. The highest BCUT2D eigenvalue weighted by Gasteiger charge is 2.28. The number of sulfone groups is 1.